The fourth-order valence-corrected chi connectivity index (χ4v) is 4.93. The largest absolute Gasteiger partial charge is 0.309 e. The third-order valence-corrected chi connectivity index (χ3v) is 5.79. The summed E-state index contributed by atoms with van der Waals surface area (Å²) in [7, 11) is -3.77. The Balaban J connectivity index is 2.44. The fraction of sp³-hybridized carbons (Fsp3) is 0.643. The summed E-state index contributed by atoms with van der Waals surface area (Å²) in [6, 6.07) is 0.0878. The lowest BCUT2D eigenvalue weighted by Gasteiger charge is -2.36. The lowest BCUT2D eigenvalue weighted by molar-refractivity contribution is 0.264. The average Bonchev–Trinajstić information content (AvgIpc) is 2.36. The van der Waals surface area contributed by atoms with Crippen LogP contribution in [0, 0.1) is 11.3 Å². The first kappa shape index (κ1) is 16.3. The van der Waals surface area contributed by atoms with Gasteiger partial charge in [0.2, 0.25) is 10.0 Å². The Kier molecular flexibility index (Phi) is 4.65. The summed E-state index contributed by atoms with van der Waals surface area (Å²) in [6.07, 6.45) is 2.26. The Hall–Kier alpha value is -1.05. The monoisotopic (exact) mass is 315 g/mol. The molecule has 1 saturated heterocycles. The Morgan fingerprint density at radius 3 is 2.43 bits per heavy atom. The van der Waals surface area contributed by atoms with E-state index >= 15 is 0 Å². The minimum atomic E-state index is -3.77. The van der Waals surface area contributed by atoms with Crippen molar-refractivity contribution in [2.75, 3.05) is 13.1 Å². The zero-order chi connectivity index (χ0) is 15.8. The molecule has 2 rings (SSSR count). The number of halogens is 1. The zero-order valence-corrected chi connectivity index (χ0v) is 13.4. The van der Waals surface area contributed by atoms with Crippen LogP contribution in [0.1, 0.15) is 27.2 Å². The van der Waals surface area contributed by atoms with Crippen molar-refractivity contribution in [3.63, 3.8) is 0 Å². The summed E-state index contributed by atoms with van der Waals surface area (Å²) in [6.45, 7) is 6.29. The molecule has 0 saturated carbocycles. The Morgan fingerprint density at radius 1 is 1.33 bits per heavy atom. The molecule has 1 fully saturated rings. The third kappa shape index (κ3) is 3.25. The number of allylic oxidation sites excluding steroid dienone is 3. The molecule has 1 aliphatic carbocycles. The number of hydrogen-bond acceptors (Lipinski definition) is 4. The van der Waals surface area contributed by atoms with Crippen LogP contribution in [0.3, 0.4) is 0 Å². The van der Waals surface area contributed by atoms with Gasteiger partial charge in [-0.05, 0) is 31.4 Å². The fourth-order valence-electron chi connectivity index (χ4n) is 2.98. The van der Waals surface area contributed by atoms with E-state index in [1.807, 2.05) is 13.8 Å². The highest BCUT2D eigenvalue weighted by Crippen LogP contribution is 2.33. The second-order valence-electron chi connectivity index (χ2n) is 5.95. The molecule has 3 unspecified atom stereocenters. The molecule has 5 nitrogen and oxygen atoms in total. The van der Waals surface area contributed by atoms with Crippen LogP contribution in [-0.4, -0.2) is 44.1 Å². The molecule has 0 aromatic heterocycles. The van der Waals surface area contributed by atoms with Crippen LogP contribution in [0.4, 0.5) is 4.39 Å². The summed E-state index contributed by atoms with van der Waals surface area (Å²) in [5, 5.41) is 10.7. The molecular weight excluding hydrogens is 293 g/mol. The van der Waals surface area contributed by atoms with Gasteiger partial charge in [-0.25, -0.2) is 12.8 Å². The molecule has 118 valence electrons. The van der Waals surface area contributed by atoms with Gasteiger partial charge in [-0.2, -0.15) is 4.31 Å². The number of piperazine rings is 1. The zero-order valence-electron chi connectivity index (χ0n) is 12.6. The Morgan fingerprint density at radius 2 is 1.90 bits per heavy atom. The van der Waals surface area contributed by atoms with Gasteiger partial charge in [0, 0.05) is 37.8 Å². The van der Waals surface area contributed by atoms with E-state index in [-0.39, 0.29) is 29.3 Å². The maximum Gasteiger partial charge on any atom is 0.243 e. The topological polar surface area (TPSA) is 73.3 Å². The third-order valence-electron chi connectivity index (χ3n) is 3.90. The normalized spacial score (nSPS) is 32.0. The van der Waals surface area contributed by atoms with E-state index in [0.29, 0.717) is 18.7 Å². The molecule has 0 radical (unpaired) electrons. The molecule has 0 aromatic rings. The number of nitrogens with zero attached hydrogens (tertiary/aromatic N) is 1. The number of hydrogen-bond donors (Lipinski definition) is 2. The van der Waals surface area contributed by atoms with Gasteiger partial charge in [-0.1, -0.05) is 6.92 Å². The summed E-state index contributed by atoms with van der Waals surface area (Å²) < 4.78 is 40.7. The van der Waals surface area contributed by atoms with Gasteiger partial charge in [-0.3, -0.25) is 0 Å². The number of rotatable bonds is 3. The van der Waals surface area contributed by atoms with Crippen LogP contribution in [0.15, 0.2) is 22.4 Å². The first-order valence-corrected chi connectivity index (χ1v) is 8.56. The molecule has 0 amide bonds. The standard InChI is InChI=1S/C14H22FN3O2S/c1-9-4-12(15)5-14(13(9)6-16)21(19,20)18-7-10(2)17-11(3)8-18/h5-6,9-11,16-17H,4,7-8H2,1-3H3. The average molecular weight is 315 g/mol. The van der Waals surface area contributed by atoms with Crippen LogP contribution < -0.4 is 5.32 Å². The van der Waals surface area contributed by atoms with E-state index in [1.54, 1.807) is 6.92 Å². The molecule has 2 N–H and O–H groups in total. The van der Waals surface area contributed by atoms with Crippen molar-refractivity contribution in [1.29, 1.82) is 5.41 Å². The van der Waals surface area contributed by atoms with Crippen molar-refractivity contribution >= 4 is 16.2 Å². The smallest absolute Gasteiger partial charge is 0.243 e. The highest BCUT2D eigenvalue weighted by molar-refractivity contribution is 7.93. The van der Waals surface area contributed by atoms with E-state index in [9.17, 15) is 12.8 Å². The van der Waals surface area contributed by atoms with Crippen LogP contribution in [0.5, 0.6) is 0 Å². The van der Waals surface area contributed by atoms with E-state index in [0.717, 1.165) is 12.3 Å². The van der Waals surface area contributed by atoms with E-state index < -0.39 is 15.9 Å². The molecule has 0 bridgehead atoms. The SMILES string of the molecule is CC1CN(S(=O)(=O)C2=C(C=N)C(C)CC(F)=C2)CC(C)N1. The van der Waals surface area contributed by atoms with Crippen molar-refractivity contribution < 1.29 is 12.8 Å². The molecule has 1 aliphatic heterocycles. The Labute approximate surface area is 125 Å². The van der Waals surface area contributed by atoms with Crippen LogP contribution in [0.2, 0.25) is 0 Å². The number of nitrogens with one attached hydrogen (secondary N) is 2. The van der Waals surface area contributed by atoms with Crippen molar-refractivity contribution in [3.05, 3.63) is 22.4 Å². The minimum Gasteiger partial charge on any atom is -0.309 e. The van der Waals surface area contributed by atoms with E-state index in [4.69, 9.17) is 5.41 Å². The summed E-state index contributed by atoms with van der Waals surface area (Å²) in [5.74, 6) is -0.738. The van der Waals surface area contributed by atoms with Gasteiger partial charge in [0.15, 0.2) is 0 Å². The van der Waals surface area contributed by atoms with E-state index in [1.165, 1.54) is 4.31 Å². The quantitative estimate of drug-likeness (QED) is 0.780. The lowest BCUT2D eigenvalue weighted by atomic mass is 9.93. The maximum atomic E-state index is 13.7. The van der Waals surface area contributed by atoms with Gasteiger partial charge in [-0.15, -0.1) is 0 Å². The van der Waals surface area contributed by atoms with Gasteiger partial charge in [0.25, 0.3) is 0 Å². The van der Waals surface area contributed by atoms with Gasteiger partial charge in [0.1, 0.15) is 5.83 Å². The second-order valence-corrected chi connectivity index (χ2v) is 7.86. The summed E-state index contributed by atoms with van der Waals surface area (Å²) in [5.41, 5.74) is 0.384. The van der Waals surface area contributed by atoms with Crippen molar-refractivity contribution in [3.8, 4) is 0 Å². The van der Waals surface area contributed by atoms with Crippen molar-refractivity contribution in [2.45, 2.75) is 39.3 Å². The van der Waals surface area contributed by atoms with Crippen LogP contribution in [-0.2, 0) is 10.0 Å². The molecule has 3 atom stereocenters. The highest BCUT2D eigenvalue weighted by Gasteiger charge is 2.35. The van der Waals surface area contributed by atoms with Crippen LogP contribution >= 0.6 is 0 Å². The summed E-state index contributed by atoms with van der Waals surface area (Å²) >= 11 is 0. The molecular formula is C14H22FN3O2S. The van der Waals surface area contributed by atoms with Crippen molar-refractivity contribution in [2.24, 2.45) is 5.92 Å². The van der Waals surface area contributed by atoms with Gasteiger partial charge in [0.05, 0.1) is 4.91 Å². The first-order chi connectivity index (χ1) is 9.75. The Bertz CT molecular complexity index is 587. The molecule has 2 aliphatic rings. The second kappa shape index (κ2) is 5.98. The van der Waals surface area contributed by atoms with Gasteiger partial charge >= 0.3 is 0 Å². The number of sulfonamides is 1. The molecule has 7 heteroatoms. The molecule has 1 heterocycles. The highest BCUT2D eigenvalue weighted by atomic mass is 32.2. The minimum absolute atomic E-state index is 0.0439. The first-order valence-electron chi connectivity index (χ1n) is 7.12. The molecule has 0 aromatic carbocycles. The summed E-state index contributed by atoms with van der Waals surface area (Å²) in [4.78, 5) is -0.0601. The van der Waals surface area contributed by atoms with Crippen molar-refractivity contribution in [1.82, 2.24) is 9.62 Å². The maximum absolute atomic E-state index is 13.7. The van der Waals surface area contributed by atoms with E-state index in [2.05, 4.69) is 5.32 Å². The van der Waals surface area contributed by atoms with Gasteiger partial charge < -0.3 is 10.7 Å². The molecule has 21 heavy (non-hydrogen) atoms. The van der Waals surface area contributed by atoms with Crippen LogP contribution in [0.25, 0.3) is 0 Å². The predicted octanol–water partition coefficient (Wildman–Crippen LogP) is 1.80. The predicted molar refractivity (Wildman–Crippen MR) is 81.3 cm³/mol. The molecule has 0 spiro atoms. The lowest BCUT2D eigenvalue weighted by Crippen LogP contribution is -2.56.